The smallest absolute Gasteiger partial charge is 0.338 e. The van der Waals surface area contributed by atoms with Crippen molar-refractivity contribution in [1.29, 1.82) is 0 Å². The zero-order valence-electron chi connectivity index (χ0n) is 17.6. The van der Waals surface area contributed by atoms with Gasteiger partial charge in [-0.15, -0.1) is 0 Å². The molecule has 150 valence electrons. The fourth-order valence-electron chi connectivity index (χ4n) is 3.67. The van der Waals surface area contributed by atoms with Crippen LogP contribution in [0.25, 0.3) is 11.1 Å². The summed E-state index contributed by atoms with van der Waals surface area (Å²) in [6.07, 6.45) is 0. The lowest BCUT2D eigenvalue weighted by atomic mass is 9.86. The van der Waals surface area contributed by atoms with Crippen molar-refractivity contribution in [2.75, 3.05) is 28.4 Å². The zero-order valence-corrected chi connectivity index (χ0v) is 17.6. The second-order valence-corrected chi connectivity index (χ2v) is 6.57. The Morgan fingerprint density at radius 1 is 0.607 bits per heavy atom. The van der Waals surface area contributed by atoms with Crippen LogP contribution < -0.4 is 9.47 Å². The summed E-state index contributed by atoms with van der Waals surface area (Å²) in [7, 11) is 5.68. The molecule has 0 fully saturated rings. The molecule has 0 heterocycles. The molecule has 0 aliphatic carbocycles. The standard InChI is InChI=1S/C22H26O6/c1-11-9-13(3)19(25-5)17(15(11)21(23)27-7)18-16(22(24)28-8)12(2)10-14(4)20(18)26-6/h9-10H,1-8H3. The van der Waals surface area contributed by atoms with Gasteiger partial charge in [0, 0.05) is 11.1 Å². The third kappa shape index (κ3) is 3.42. The van der Waals surface area contributed by atoms with Crippen molar-refractivity contribution < 1.29 is 28.5 Å². The van der Waals surface area contributed by atoms with Gasteiger partial charge in [0.1, 0.15) is 11.5 Å². The normalized spacial score (nSPS) is 10.4. The Balaban J connectivity index is 3.19. The topological polar surface area (TPSA) is 71.1 Å². The molecule has 6 nitrogen and oxygen atoms in total. The Morgan fingerprint density at radius 2 is 0.929 bits per heavy atom. The lowest BCUT2D eigenvalue weighted by Crippen LogP contribution is -2.14. The maximum atomic E-state index is 12.7. The van der Waals surface area contributed by atoms with Crippen LogP contribution in [0.3, 0.4) is 0 Å². The zero-order chi connectivity index (χ0) is 21.2. The van der Waals surface area contributed by atoms with E-state index in [0.717, 1.165) is 11.1 Å². The van der Waals surface area contributed by atoms with E-state index in [-0.39, 0.29) is 0 Å². The molecule has 6 heteroatoms. The van der Waals surface area contributed by atoms with Crippen LogP contribution in [0, 0.1) is 27.7 Å². The molecule has 0 aliphatic heterocycles. The predicted molar refractivity (Wildman–Crippen MR) is 107 cm³/mol. The predicted octanol–water partition coefficient (Wildman–Crippen LogP) is 4.18. The number of carbonyl (C=O) groups is 2. The number of hydrogen-bond donors (Lipinski definition) is 0. The van der Waals surface area contributed by atoms with Gasteiger partial charge < -0.3 is 18.9 Å². The first-order chi connectivity index (χ1) is 13.2. The third-order valence-corrected chi connectivity index (χ3v) is 4.76. The molecule has 2 rings (SSSR count). The average molecular weight is 386 g/mol. The van der Waals surface area contributed by atoms with Crippen molar-refractivity contribution in [2.24, 2.45) is 0 Å². The highest BCUT2D eigenvalue weighted by molar-refractivity contribution is 6.08. The number of ether oxygens (including phenoxy) is 4. The number of methoxy groups -OCH3 is 4. The minimum absolute atomic E-state index is 0.318. The first kappa shape index (κ1) is 21.3. The number of aryl methyl sites for hydroxylation is 4. The summed E-state index contributed by atoms with van der Waals surface area (Å²) < 4.78 is 21.4. The summed E-state index contributed by atoms with van der Waals surface area (Å²) in [5, 5.41) is 0. The van der Waals surface area contributed by atoms with Gasteiger partial charge in [-0.2, -0.15) is 0 Å². The maximum absolute atomic E-state index is 12.7. The summed E-state index contributed by atoms with van der Waals surface area (Å²) >= 11 is 0. The van der Waals surface area contributed by atoms with E-state index in [1.807, 2.05) is 39.8 Å². The van der Waals surface area contributed by atoms with E-state index in [1.165, 1.54) is 28.4 Å². The molecule has 0 amide bonds. The Kier molecular flexibility index (Phi) is 6.33. The molecule has 2 aromatic carbocycles. The molecule has 28 heavy (non-hydrogen) atoms. The molecular weight excluding hydrogens is 360 g/mol. The summed E-state index contributed by atoms with van der Waals surface area (Å²) in [4.78, 5) is 25.4. The largest absolute Gasteiger partial charge is 0.496 e. The molecule has 0 saturated carbocycles. The Bertz CT molecular complexity index is 866. The van der Waals surface area contributed by atoms with Gasteiger partial charge >= 0.3 is 11.9 Å². The van der Waals surface area contributed by atoms with Crippen LogP contribution in [0.2, 0.25) is 0 Å². The van der Waals surface area contributed by atoms with Crippen molar-refractivity contribution in [3.05, 3.63) is 45.5 Å². The Hall–Kier alpha value is -3.02. The van der Waals surface area contributed by atoms with E-state index in [1.54, 1.807) is 0 Å². The minimum Gasteiger partial charge on any atom is -0.496 e. The van der Waals surface area contributed by atoms with Gasteiger partial charge in [0.25, 0.3) is 0 Å². The summed E-state index contributed by atoms with van der Waals surface area (Å²) in [6.45, 7) is 7.39. The van der Waals surface area contributed by atoms with Crippen LogP contribution in [0.15, 0.2) is 12.1 Å². The number of rotatable bonds is 5. The van der Waals surface area contributed by atoms with Gasteiger partial charge in [-0.3, -0.25) is 0 Å². The highest BCUT2D eigenvalue weighted by Gasteiger charge is 2.31. The van der Waals surface area contributed by atoms with Gasteiger partial charge in [-0.25, -0.2) is 9.59 Å². The van der Waals surface area contributed by atoms with E-state index in [4.69, 9.17) is 18.9 Å². The fourth-order valence-corrected chi connectivity index (χ4v) is 3.67. The molecule has 0 spiro atoms. The first-order valence-electron chi connectivity index (χ1n) is 8.76. The van der Waals surface area contributed by atoms with E-state index >= 15 is 0 Å². The molecular formula is C22H26O6. The highest BCUT2D eigenvalue weighted by Crippen LogP contribution is 2.46. The fraction of sp³-hybridized carbons (Fsp3) is 0.364. The van der Waals surface area contributed by atoms with Gasteiger partial charge in [-0.1, -0.05) is 12.1 Å². The van der Waals surface area contributed by atoms with Gasteiger partial charge in [0.15, 0.2) is 0 Å². The molecule has 0 N–H and O–H groups in total. The van der Waals surface area contributed by atoms with Gasteiger partial charge in [-0.05, 0) is 49.9 Å². The minimum atomic E-state index is -0.525. The molecule has 0 atom stereocenters. The summed E-state index contributed by atoms with van der Waals surface area (Å²) in [5.41, 5.74) is 4.59. The Morgan fingerprint density at radius 3 is 1.18 bits per heavy atom. The third-order valence-electron chi connectivity index (χ3n) is 4.76. The summed E-state index contributed by atoms with van der Waals surface area (Å²) in [5.74, 6) is -0.107. The van der Waals surface area contributed by atoms with Crippen LogP contribution in [-0.2, 0) is 9.47 Å². The first-order valence-corrected chi connectivity index (χ1v) is 8.76. The number of benzene rings is 2. The summed E-state index contributed by atoms with van der Waals surface area (Å²) in [6, 6.07) is 3.70. The Labute approximate surface area is 165 Å². The second kappa shape index (κ2) is 8.33. The SMILES string of the molecule is COC(=O)c1c(C)cc(C)c(OC)c1-c1c(OC)c(C)cc(C)c1C(=O)OC. The van der Waals surface area contributed by atoms with E-state index in [2.05, 4.69) is 0 Å². The van der Waals surface area contributed by atoms with E-state index in [0.29, 0.717) is 44.9 Å². The van der Waals surface area contributed by atoms with Crippen LogP contribution in [0.4, 0.5) is 0 Å². The van der Waals surface area contributed by atoms with Crippen LogP contribution in [0.5, 0.6) is 11.5 Å². The van der Waals surface area contributed by atoms with Crippen molar-refractivity contribution in [3.63, 3.8) is 0 Å². The highest BCUT2D eigenvalue weighted by atomic mass is 16.5. The molecule has 0 bridgehead atoms. The van der Waals surface area contributed by atoms with Gasteiger partial charge in [0.05, 0.1) is 39.6 Å². The van der Waals surface area contributed by atoms with E-state index in [9.17, 15) is 9.59 Å². The molecule has 0 radical (unpaired) electrons. The van der Waals surface area contributed by atoms with E-state index < -0.39 is 11.9 Å². The maximum Gasteiger partial charge on any atom is 0.338 e. The lowest BCUT2D eigenvalue weighted by molar-refractivity contribution is 0.0588. The second-order valence-electron chi connectivity index (χ2n) is 6.57. The van der Waals surface area contributed by atoms with Crippen molar-refractivity contribution in [3.8, 4) is 22.6 Å². The van der Waals surface area contributed by atoms with Crippen molar-refractivity contribution in [2.45, 2.75) is 27.7 Å². The molecule has 0 saturated heterocycles. The van der Waals surface area contributed by atoms with Crippen LogP contribution in [-0.4, -0.2) is 40.4 Å². The molecule has 0 unspecified atom stereocenters. The van der Waals surface area contributed by atoms with Crippen molar-refractivity contribution in [1.82, 2.24) is 0 Å². The number of esters is 2. The molecule has 2 aromatic rings. The van der Waals surface area contributed by atoms with Crippen molar-refractivity contribution >= 4 is 11.9 Å². The molecule has 0 aromatic heterocycles. The monoisotopic (exact) mass is 386 g/mol. The average Bonchev–Trinajstić information content (AvgIpc) is 2.65. The van der Waals surface area contributed by atoms with Crippen LogP contribution >= 0.6 is 0 Å². The number of hydrogen-bond acceptors (Lipinski definition) is 6. The van der Waals surface area contributed by atoms with Crippen LogP contribution in [0.1, 0.15) is 43.0 Å². The van der Waals surface area contributed by atoms with Gasteiger partial charge in [0.2, 0.25) is 0 Å². The quantitative estimate of drug-likeness (QED) is 0.718. The lowest BCUT2D eigenvalue weighted by Gasteiger charge is -2.23. The number of carbonyl (C=O) groups excluding carboxylic acids is 2. The molecule has 0 aliphatic rings.